The van der Waals surface area contributed by atoms with Gasteiger partial charge < -0.3 is 16.4 Å². The summed E-state index contributed by atoms with van der Waals surface area (Å²) in [5, 5.41) is 5.52. The molecule has 0 aliphatic rings. The van der Waals surface area contributed by atoms with Gasteiger partial charge in [-0.05, 0) is 25.8 Å². The minimum absolute atomic E-state index is 0.00161. The van der Waals surface area contributed by atoms with Gasteiger partial charge in [0, 0.05) is 25.4 Å². The van der Waals surface area contributed by atoms with Crippen molar-refractivity contribution >= 4 is 11.8 Å². The van der Waals surface area contributed by atoms with Crippen LogP contribution >= 0.6 is 0 Å². The maximum absolute atomic E-state index is 11.6. The van der Waals surface area contributed by atoms with E-state index in [0.29, 0.717) is 26.1 Å². The number of amides is 2. The van der Waals surface area contributed by atoms with Crippen LogP contribution in [-0.2, 0) is 9.59 Å². The Kier molecular flexibility index (Phi) is 9.43. The van der Waals surface area contributed by atoms with Crippen molar-refractivity contribution in [3.05, 3.63) is 0 Å². The van der Waals surface area contributed by atoms with E-state index < -0.39 is 0 Å². The van der Waals surface area contributed by atoms with Gasteiger partial charge in [-0.2, -0.15) is 0 Å². The molecule has 0 bridgehead atoms. The van der Waals surface area contributed by atoms with Crippen molar-refractivity contribution in [2.24, 2.45) is 11.7 Å². The fourth-order valence-corrected chi connectivity index (χ4v) is 1.38. The fourth-order valence-electron chi connectivity index (χ4n) is 1.38. The summed E-state index contributed by atoms with van der Waals surface area (Å²) in [6, 6.07) is 0. The zero-order valence-corrected chi connectivity index (χ0v) is 10.9. The van der Waals surface area contributed by atoms with Gasteiger partial charge in [0.05, 0.1) is 0 Å². The lowest BCUT2D eigenvalue weighted by atomic mass is 10.1. The highest BCUT2D eigenvalue weighted by Crippen LogP contribution is 2.04. The predicted molar refractivity (Wildman–Crippen MR) is 68.4 cm³/mol. The van der Waals surface area contributed by atoms with Gasteiger partial charge in [0.1, 0.15) is 0 Å². The Hall–Kier alpha value is -1.10. The third-order valence-electron chi connectivity index (χ3n) is 2.51. The van der Waals surface area contributed by atoms with E-state index in [1.807, 2.05) is 13.8 Å². The molecule has 0 heterocycles. The van der Waals surface area contributed by atoms with Crippen LogP contribution in [0.4, 0.5) is 0 Å². The van der Waals surface area contributed by atoms with E-state index in [0.717, 1.165) is 19.3 Å². The number of carbonyl (C=O) groups is 2. The van der Waals surface area contributed by atoms with E-state index in [-0.39, 0.29) is 17.7 Å². The van der Waals surface area contributed by atoms with Crippen LogP contribution in [0.5, 0.6) is 0 Å². The summed E-state index contributed by atoms with van der Waals surface area (Å²) in [6.07, 6.45) is 2.92. The first-order valence-corrected chi connectivity index (χ1v) is 6.36. The third-order valence-corrected chi connectivity index (χ3v) is 2.51. The maximum atomic E-state index is 11.6. The molecule has 0 aromatic rings. The minimum Gasteiger partial charge on any atom is -0.356 e. The molecule has 0 aromatic heterocycles. The molecule has 5 nitrogen and oxygen atoms in total. The highest BCUT2D eigenvalue weighted by Gasteiger charge is 2.11. The third kappa shape index (κ3) is 8.68. The van der Waals surface area contributed by atoms with Gasteiger partial charge in [0.25, 0.3) is 0 Å². The minimum atomic E-state index is -0.0303. The Morgan fingerprint density at radius 2 is 1.94 bits per heavy atom. The van der Waals surface area contributed by atoms with E-state index in [9.17, 15) is 9.59 Å². The molecular formula is C12H25N3O2. The number of hydrogen-bond donors (Lipinski definition) is 3. The summed E-state index contributed by atoms with van der Waals surface area (Å²) < 4.78 is 0. The molecule has 0 radical (unpaired) electrons. The van der Waals surface area contributed by atoms with Gasteiger partial charge in [-0.3, -0.25) is 9.59 Å². The molecule has 100 valence electrons. The Bertz CT molecular complexity index is 232. The second-order valence-electron chi connectivity index (χ2n) is 4.22. The summed E-state index contributed by atoms with van der Waals surface area (Å²) in [7, 11) is 0. The Morgan fingerprint density at radius 1 is 1.24 bits per heavy atom. The summed E-state index contributed by atoms with van der Waals surface area (Å²) >= 11 is 0. The topological polar surface area (TPSA) is 84.2 Å². The summed E-state index contributed by atoms with van der Waals surface area (Å²) in [5.41, 5.74) is 5.38. The van der Waals surface area contributed by atoms with E-state index >= 15 is 0 Å². The smallest absolute Gasteiger partial charge is 0.222 e. The van der Waals surface area contributed by atoms with E-state index in [4.69, 9.17) is 5.73 Å². The molecule has 0 aliphatic carbocycles. The predicted octanol–water partition coefficient (Wildman–Crippen LogP) is 0.394. The van der Waals surface area contributed by atoms with E-state index in [1.165, 1.54) is 0 Å². The molecule has 0 aromatic carbocycles. The van der Waals surface area contributed by atoms with Crippen LogP contribution in [-0.4, -0.2) is 31.4 Å². The Labute approximate surface area is 104 Å². The van der Waals surface area contributed by atoms with E-state index in [1.54, 1.807) is 0 Å². The normalized spacial score (nSPS) is 11.9. The summed E-state index contributed by atoms with van der Waals surface area (Å²) in [6.45, 7) is 5.58. The van der Waals surface area contributed by atoms with Crippen LogP contribution in [0, 0.1) is 5.92 Å². The molecule has 0 saturated carbocycles. The second-order valence-corrected chi connectivity index (χ2v) is 4.22. The SMILES string of the molecule is CCCNC(=O)CCNC(=O)C(C)CCCN. The molecular weight excluding hydrogens is 218 g/mol. The molecule has 0 aliphatic heterocycles. The first kappa shape index (κ1) is 15.9. The fraction of sp³-hybridized carbons (Fsp3) is 0.833. The molecule has 5 heteroatoms. The lowest BCUT2D eigenvalue weighted by molar-refractivity contribution is -0.125. The molecule has 0 spiro atoms. The number of rotatable bonds is 9. The van der Waals surface area contributed by atoms with Crippen LogP contribution in [0.3, 0.4) is 0 Å². The number of carbonyl (C=O) groups excluding carboxylic acids is 2. The standard InChI is InChI=1S/C12H25N3O2/c1-3-8-14-11(16)6-9-15-12(17)10(2)5-4-7-13/h10H,3-9,13H2,1-2H3,(H,14,16)(H,15,17). The lowest BCUT2D eigenvalue weighted by Gasteiger charge is -2.11. The molecule has 1 atom stereocenters. The number of nitrogens with two attached hydrogens (primary N) is 1. The second kappa shape index (κ2) is 10.1. The molecule has 0 fully saturated rings. The van der Waals surface area contributed by atoms with Crippen molar-refractivity contribution in [2.75, 3.05) is 19.6 Å². The Balaban J connectivity index is 3.59. The Morgan fingerprint density at radius 3 is 2.53 bits per heavy atom. The average Bonchev–Trinajstić information content (AvgIpc) is 2.33. The quantitative estimate of drug-likeness (QED) is 0.548. The van der Waals surface area contributed by atoms with Gasteiger partial charge in [-0.25, -0.2) is 0 Å². The molecule has 17 heavy (non-hydrogen) atoms. The molecule has 4 N–H and O–H groups in total. The van der Waals surface area contributed by atoms with Crippen molar-refractivity contribution in [3.8, 4) is 0 Å². The van der Waals surface area contributed by atoms with Gasteiger partial charge in [-0.15, -0.1) is 0 Å². The van der Waals surface area contributed by atoms with E-state index in [2.05, 4.69) is 10.6 Å². The van der Waals surface area contributed by atoms with Crippen LogP contribution in [0.25, 0.3) is 0 Å². The molecule has 1 unspecified atom stereocenters. The lowest BCUT2D eigenvalue weighted by Crippen LogP contribution is -2.33. The van der Waals surface area contributed by atoms with Crippen LogP contribution in [0.1, 0.15) is 39.5 Å². The zero-order valence-electron chi connectivity index (χ0n) is 10.9. The first-order chi connectivity index (χ1) is 8.11. The van der Waals surface area contributed by atoms with Crippen molar-refractivity contribution in [3.63, 3.8) is 0 Å². The van der Waals surface area contributed by atoms with Gasteiger partial charge >= 0.3 is 0 Å². The highest BCUT2D eigenvalue weighted by molar-refractivity contribution is 5.80. The largest absolute Gasteiger partial charge is 0.356 e. The summed E-state index contributed by atoms with van der Waals surface area (Å²) in [5.74, 6) is -0.0410. The monoisotopic (exact) mass is 243 g/mol. The average molecular weight is 243 g/mol. The maximum Gasteiger partial charge on any atom is 0.222 e. The van der Waals surface area contributed by atoms with Crippen molar-refractivity contribution in [1.29, 1.82) is 0 Å². The molecule has 0 rings (SSSR count). The summed E-state index contributed by atoms with van der Waals surface area (Å²) in [4.78, 5) is 22.8. The van der Waals surface area contributed by atoms with Crippen molar-refractivity contribution in [1.82, 2.24) is 10.6 Å². The zero-order chi connectivity index (χ0) is 13.1. The van der Waals surface area contributed by atoms with Crippen molar-refractivity contribution < 1.29 is 9.59 Å². The molecule has 2 amide bonds. The van der Waals surface area contributed by atoms with Crippen LogP contribution < -0.4 is 16.4 Å². The first-order valence-electron chi connectivity index (χ1n) is 6.36. The molecule has 0 saturated heterocycles. The van der Waals surface area contributed by atoms with Crippen LogP contribution in [0.2, 0.25) is 0 Å². The number of nitrogens with one attached hydrogen (secondary N) is 2. The highest BCUT2D eigenvalue weighted by atomic mass is 16.2. The number of hydrogen-bond acceptors (Lipinski definition) is 3. The van der Waals surface area contributed by atoms with Crippen molar-refractivity contribution in [2.45, 2.75) is 39.5 Å². The van der Waals surface area contributed by atoms with Gasteiger partial charge in [0.2, 0.25) is 11.8 Å². The van der Waals surface area contributed by atoms with Crippen LogP contribution in [0.15, 0.2) is 0 Å². The van der Waals surface area contributed by atoms with Gasteiger partial charge in [-0.1, -0.05) is 13.8 Å². The van der Waals surface area contributed by atoms with Gasteiger partial charge in [0.15, 0.2) is 0 Å².